The summed E-state index contributed by atoms with van der Waals surface area (Å²) in [6, 6.07) is 1.81. The van der Waals surface area contributed by atoms with Crippen molar-refractivity contribution in [3.8, 4) is 0 Å². The molecule has 0 saturated carbocycles. The number of aliphatic hydroxyl groups is 1. The van der Waals surface area contributed by atoms with E-state index in [-0.39, 0.29) is 6.10 Å². The number of β-amino-alcohol motifs (C(OH)–C–C–N with tert-alkyl or cyclic N) is 1. The highest BCUT2D eigenvalue weighted by Gasteiger charge is 2.14. The summed E-state index contributed by atoms with van der Waals surface area (Å²) >= 11 is 0. The number of ether oxygens (including phenoxy) is 1. The van der Waals surface area contributed by atoms with Gasteiger partial charge in [0.1, 0.15) is 5.76 Å². The lowest BCUT2D eigenvalue weighted by Gasteiger charge is -2.28. The highest BCUT2D eigenvalue weighted by molar-refractivity contribution is 4.91. The van der Waals surface area contributed by atoms with Crippen LogP contribution >= 0.6 is 0 Å². The van der Waals surface area contributed by atoms with Gasteiger partial charge in [-0.05, 0) is 0 Å². The molecule has 96 valence electrons. The van der Waals surface area contributed by atoms with Crippen molar-refractivity contribution < 1.29 is 14.4 Å². The minimum absolute atomic E-state index is 0.365. The third-order valence-electron chi connectivity index (χ3n) is 2.74. The molecule has 2 N–H and O–H groups in total. The molecule has 0 spiro atoms. The first-order valence-corrected chi connectivity index (χ1v) is 5.93. The second-order valence-corrected chi connectivity index (χ2v) is 4.18. The predicted molar refractivity (Wildman–Crippen MR) is 61.5 cm³/mol. The summed E-state index contributed by atoms with van der Waals surface area (Å²) in [4.78, 5) is 2.21. The quantitative estimate of drug-likeness (QED) is 0.697. The third-order valence-corrected chi connectivity index (χ3v) is 2.74. The molecule has 1 unspecified atom stereocenters. The number of nitrogens with zero attached hydrogens (tertiary/aromatic N) is 2. The van der Waals surface area contributed by atoms with Crippen LogP contribution in [0.25, 0.3) is 0 Å². The Kier molecular flexibility index (Phi) is 4.93. The number of morpholine rings is 1. The van der Waals surface area contributed by atoms with E-state index >= 15 is 0 Å². The van der Waals surface area contributed by atoms with E-state index < -0.39 is 0 Å². The lowest BCUT2D eigenvalue weighted by Crippen LogP contribution is -2.43. The molecule has 1 saturated heterocycles. The largest absolute Gasteiger partial charge is 0.390 e. The molecule has 2 rings (SSSR count). The lowest BCUT2D eigenvalue weighted by molar-refractivity contribution is 0.0148. The fourth-order valence-electron chi connectivity index (χ4n) is 1.84. The first kappa shape index (κ1) is 12.5. The van der Waals surface area contributed by atoms with E-state index in [0.717, 1.165) is 32.1 Å². The van der Waals surface area contributed by atoms with E-state index in [1.807, 2.05) is 0 Å². The van der Waals surface area contributed by atoms with Gasteiger partial charge < -0.3 is 19.7 Å². The maximum Gasteiger partial charge on any atom is 0.150 e. The van der Waals surface area contributed by atoms with Crippen molar-refractivity contribution in [2.75, 3.05) is 39.4 Å². The van der Waals surface area contributed by atoms with Crippen LogP contribution in [0.2, 0.25) is 0 Å². The summed E-state index contributed by atoms with van der Waals surface area (Å²) in [6.07, 6.45) is 1.25. The van der Waals surface area contributed by atoms with Crippen molar-refractivity contribution in [1.82, 2.24) is 15.4 Å². The summed E-state index contributed by atoms with van der Waals surface area (Å²) in [5.41, 5.74) is 0. The average Bonchev–Trinajstić information content (AvgIpc) is 2.83. The number of nitrogens with one attached hydrogen (secondary N) is 1. The van der Waals surface area contributed by atoms with Crippen molar-refractivity contribution >= 4 is 0 Å². The van der Waals surface area contributed by atoms with E-state index in [1.54, 1.807) is 12.3 Å². The third kappa shape index (κ3) is 4.43. The maximum atomic E-state index is 9.84. The average molecular weight is 241 g/mol. The molecular weight excluding hydrogens is 222 g/mol. The number of hydrogen-bond acceptors (Lipinski definition) is 6. The molecule has 2 heterocycles. The molecular formula is C11H19N3O3. The first-order chi connectivity index (χ1) is 8.34. The van der Waals surface area contributed by atoms with Crippen molar-refractivity contribution in [3.05, 3.63) is 18.0 Å². The fourth-order valence-corrected chi connectivity index (χ4v) is 1.84. The van der Waals surface area contributed by atoms with Gasteiger partial charge in [0, 0.05) is 32.2 Å². The minimum atomic E-state index is -0.365. The Hall–Kier alpha value is -0.950. The van der Waals surface area contributed by atoms with Gasteiger partial charge in [-0.2, -0.15) is 0 Å². The van der Waals surface area contributed by atoms with Gasteiger partial charge in [-0.3, -0.25) is 4.90 Å². The zero-order valence-corrected chi connectivity index (χ0v) is 9.84. The van der Waals surface area contributed by atoms with Crippen LogP contribution in [0.1, 0.15) is 5.76 Å². The standard InChI is InChI=1S/C11H19N3O3/c15-10(9-14-3-5-16-6-4-14)7-12-8-11-1-2-13-17-11/h1-2,10,12,15H,3-9H2. The molecule has 6 heteroatoms. The number of aromatic nitrogens is 1. The van der Waals surface area contributed by atoms with Crippen LogP contribution in [0.5, 0.6) is 0 Å². The Labute approximate surface area is 101 Å². The van der Waals surface area contributed by atoms with Crippen LogP contribution in [0.15, 0.2) is 16.8 Å². The van der Waals surface area contributed by atoms with E-state index in [0.29, 0.717) is 19.6 Å². The summed E-state index contributed by atoms with van der Waals surface area (Å²) in [6.45, 7) is 5.17. The molecule has 6 nitrogen and oxygen atoms in total. The SMILES string of the molecule is OC(CNCc1ccno1)CN1CCOCC1. The summed E-state index contributed by atoms with van der Waals surface area (Å²) < 4.78 is 10.2. The second kappa shape index (κ2) is 6.70. The van der Waals surface area contributed by atoms with Gasteiger partial charge in [0.2, 0.25) is 0 Å². The molecule has 17 heavy (non-hydrogen) atoms. The van der Waals surface area contributed by atoms with Gasteiger partial charge in [-0.1, -0.05) is 5.16 Å². The summed E-state index contributed by atoms with van der Waals surface area (Å²) in [5.74, 6) is 0.781. The molecule has 0 aliphatic carbocycles. The second-order valence-electron chi connectivity index (χ2n) is 4.18. The topological polar surface area (TPSA) is 70.8 Å². The maximum absolute atomic E-state index is 9.84. The Balaban J connectivity index is 1.58. The predicted octanol–water partition coefficient (Wildman–Crippen LogP) is -0.543. The smallest absolute Gasteiger partial charge is 0.150 e. The van der Waals surface area contributed by atoms with Crippen LogP contribution in [-0.4, -0.2) is 60.7 Å². The van der Waals surface area contributed by atoms with Gasteiger partial charge in [0.05, 0.1) is 32.1 Å². The summed E-state index contributed by atoms with van der Waals surface area (Å²) in [7, 11) is 0. The molecule has 0 amide bonds. The molecule has 1 aliphatic rings. The monoisotopic (exact) mass is 241 g/mol. The molecule has 1 fully saturated rings. The minimum Gasteiger partial charge on any atom is -0.390 e. The molecule has 1 aliphatic heterocycles. The van der Waals surface area contributed by atoms with Gasteiger partial charge in [-0.25, -0.2) is 0 Å². The normalized spacial score (nSPS) is 19.4. The van der Waals surface area contributed by atoms with Crippen LogP contribution in [0, 0.1) is 0 Å². The van der Waals surface area contributed by atoms with Crippen molar-refractivity contribution in [2.45, 2.75) is 12.6 Å². The van der Waals surface area contributed by atoms with E-state index in [9.17, 15) is 5.11 Å². The first-order valence-electron chi connectivity index (χ1n) is 5.93. The van der Waals surface area contributed by atoms with E-state index in [2.05, 4.69) is 15.4 Å². The van der Waals surface area contributed by atoms with Gasteiger partial charge >= 0.3 is 0 Å². The Morgan fingerprint density at radius 3 is 3.00 bits per heavy atom. The number of rotatable bonds is 6. The lowest BCUT2D eigenvalue weighted by atomic mass is 10.3. The Morgan fingerprint density at radius 1 is 1.47 bits per heavy atom. The van der Waals surface area contributed by atoms with Crippen molar-refractivity contribution in [2.24, 2.45) is 0 Å². The van der Waals surface area contributed by atoms with Gasteiger partial charge in [0.25, 0.3) is 0 Å². The highest BCUT2D eigenvalue weighted by atomic mass is 16.5. The van der Waals surface area contributed by atoms with Gasteiger partial charge in [-0.15, -0.1) is 0 Å². The van der Waals surface area contributed by atoms with Crippen molar-refractivity contribution in [3.63, 3.8) is 0 Å². The molecule has 0 aromatic carbocycles. The number of hydrogen-bond donors (Lipinski definition) is 2. The molecule has 0 bridgehead atoms. The molecule has 1 atom stereocenters. The van der Waals surface area contributed by atoms with E-state index in [1.165, 1.54) is 0 Å². The Bertz CT molecular complexity index is 299. The Morgan fingerprint density at radius 2 is 2.29 bits per heavy atom. The van der Waals surface area contributed by atoms with Crippen LogP contribution in [-0.2, 0) is 11.3 Å². The fraction of sp³-hybridized carbons (Fsp3) is 0.727. The zero-order chi connectivity index (χ0) is 11.9. The molecule has 1 aromatic rings. The number of aliphatic hydroxyl groups excluding tert-OH is 1. The van der Waals surface area contributed by atoms with Crippen LogP contribution in [0.4, 0.5) is 0 Å². The van der Waals surface area contributed by atoms with Crippen LogP contribution in [0.3, 0.4) is 0 Å². The van der Waals surface area contributed by atoms with Crippen LogP contribution < -0.4 is 5.32 Å². The molecule has 0 radical (unpaired) electrons. The zero-order valence-electron chi connectivity index (χ0n) is 9.84. The van der Waals surface area contributed by atoms with Gasteiger partial charge in [0.15, 0.2) is 0 Å². The molecule has 1 aromatic heterocycles. The van der Waals surface area contributed by atoms with Crippen molar-refractivity contribution in [1.29, 1.82) is 0 Å². The van der Waals surface area contributed by atoms with E-state index in [4.69, 9.17) is 9.26 Å². The highest BCUT2D eigenvalue weighted by Crippen LogP contribution is 1.99. The summed E-state index contributed by atoms with van der Waals surface area (Å²) in [5, 5.41) is 16.6.